The van der Waals surface area contributed by atoms with Crippen LogP contribution >= 0.6 is 23.2 Å². The van der Waals surface area contributed by atoms with Gasteiger partial charge < -0.3 is 21.7 Å². The minimum atomic E-state index is -0.707. The number of carbonyl (C=O) groups excluding carboxylic acids is 2. The van der Waals surface area contributed by atoms with Crippen LogP contribution in [0.15, 0.2) is 48.7 Å². The monoisotopic (exact) mass is 458 g/mol. The van der Waals surface area contributed by atoms with Gasteiger partial charge in [-0.3, -0.25) is 9.59 Å². The topological polar surface area (TPSA) is 119 Å². The highest BCUT2D eigenvalue weighted by Gasteiger charge is 2.24. The second kappa shape index (κ2) is 8.58. The average molecular weight is 459 g/mol. The molecule has 5 N–H and O–H groups in total. The van der Waals surface area contributed by atoms with E-state index < -0.39 is 5.91 Å². The van der Waals surface area contributed by atoms with Crippen LogP contribution in [0.4, 0.5) is 11.4 Å². The van der Waals surface area contributed by atoms with E-state index in [1.807, 2.05) is 0 Å². The minimum absolute atomic E-state index is 0.0280. The van der Waals surface area contributed by atoms with Gasteiger partial charge in [0, 0.05) is 30.4 Å². The third kappa shape index (κ3) is 4.36. The molecule has 10 heteroatoms. The molecule has 1 aromatic heterocycles. The number of hydrogen-bond donors (Lipinski definition) is 3. The van der Waals surface area contributed by atoms with E-state index in [1.54, 1.807) is 53.6 Å². The Labute approximate surface area is 188 Å². The molecule has 1 fully saturated rings. The first-order valence-corrected chi connectivity index (χ1v) is 10.3. The third-order valence-electron chi connectivity index (χ3n) is 5.04. The minimum Gasteiger partial charge on any atom is -0.364 e. The van der Waals surface area contributed by atoms with Crippen molar-refractivity contribution in [2.45, 2.75) is 12.5 Å². The number of nitrogens with zero attached hydrogens (tertiary/aromatic N) is 3. The maximum atomic E-state index is 12.6. The highest BCUT2D eigenvalue weighted by molar-refractivity contribution is 6.37. The lowest BCUT2D eigenvalue weighted by molar-refractivity contribution is 0.0790. The third-order valence-corrected chi connectivity index (χ3v) is 5.65. The van der Waals surface area contributed by atoms with E-state index in [-0.39, 0.29) is 17.6 Å². The zero-order valence-corrected chi connectivity index (χ0v) is 17.9. The molecule has 8 nitrogen and oxygen atoms in total. The molecule has 1 saturated heterocycles. The molecule has 1 atom stereocenters. The summed E-state index contributed by atoms with van der Waals surface area (Å²) in [6.45, 7) is 1.22. The summed E-state index contributed by atoms with van der Waals surface area (Å²) in [4.78, 5) is 26.2. The average Bonchev–Trinajstić information content (AvgIpc) is 3.34. The van der Waals surface area contributed by atoms with Crippen molar-refractivity contribution >= 4 is 46.4 Å². The quantitative estimate of drug-likeness (QED) is 0.542. The molecule has 31 heavy (non-hydrogen) atoms. The van der Waals surface area contributed by atoms with Crippen molar-refractivity contribution in [3.05, 3.63) is 70.0 Å². The Hall–Kier alpha value is -3.07. The summed E-state index contributed by atoms with van der Waals surface area (Å²) < 4.78 is 1.40. The number of rotatable bonds is 5. The van der Waals surface area contributed by atoms with Crippen LogP contribution in [0.1, 0.15) is 27.3 Å². The lowest BCUT2D eigenvalue weighted by Gasteiger charge is -2.16. The highest BCUT2D eigenvalue weighted by Crippen LogP contribution is 2.30. The Morgan fingerprint density at radius 2 is 1.77 bits per heavy atom. The van der Waals surface area contributed by atoms with Gasteiger partial charge in [0.05, 0.1) is 21.9 Å². The second-order valence-corrected chi connectivity index (χ2v) is 8.09. The van der Waals surface area contributed by atoms with Crippen molar-refractivity contribution in [3.63, 3.8) is 0 Å². The van der Waals surface area contributed by atoms with Gasteiger partial charge in [0.2, 0.25) is 0 Å². The van der Waals surface area contributed by atoms with Gasteiger partial charge in [0.25, 0.3) is 11.8 Å². The number of nitrogens with one attached hydrogen (secondary N) is 1. The first kappa shape index (κ1) is 21.2. The number of amides is 2. The van der Waals surface area contributed by atoms with Gasteiger partial charge in [-0.15, -0.1) is 0 Å². The number of likely N-dealkylation sites (tertiary alicyclic amines) is 1. The molecular formula is C21H20Cl2N6O2. The van der Waals surface area contributed by atoms with E-state index >= 15 is 0 Å². The van der Waals surface area contributed by atoms with Crippen molar-refractivity contribution in [3.8, 4) is 5.69 Å². The number of carbonyl (C=O) groups is 2. The number of hydrogen-bond acceptors (Lipinski definition) is 5. The molecule has 3 aromatic rings. The molecule has 0 spiro atoms. The fourth-order valence-corrected chi connectivity index (χ4v) is 4.05. The lowest BCUT2D eigenvalue weighted by Crippen LogP contribution is -2.31. The van der Waals surface area contributed by atoms with Crippen LogP contribution < -0.4 is 16.8 Å². The molecule has 0 bridgehead atoms. The van der Waals surface area contributed by atoms with Gasteiger partial charge in [-0.05, 0) is 42.8 Å². The van der Waals surface area contributed by atoms with E-state index in [0.717, 1.165) is 6.42 Å². The van der Waals surface area contributed by atoms with Crippen molar-refractivity contribution in [1.82, 2.24) is 14.7 Å². The molecule has 1 aliphatic rings. The fraction of sp³-hybridized carbons (Fsp3) is 0.190. The van der Waals surface area contributed by atoms with E-state index in [1.165, 1.54) is 4.68 Å². The Kier molecular flexibility index (Phi) is 5.86. The molecule has 2 aromatic carbocycles. The van der Waals surface area contributed by atoms with Gasteiger partial charge in [0.1, 0.15) is 5.69 Å². The normalized spacial score (nSPS) is 15.8. The number of halogens is 2. The van der Waals surface area contributed by atoms with Crippen molar-refractivity contribution in [2.75, 3.05) is 18.4 Å². The number of para-hydroxylation sites is 1. The predicted octanol–water partition coefficient (Wildman–Crippen LogP) is 3.19. The van der Waals surface area contributed by atoms with Gasteiger partial charge in [-0.25, -0.2) is 4.68 Å². The predicted molar refractivity (Wildman–Crippen MR) is 120 cm³/mol. The van der Waals surface area contributed by atoms with Crippen molar-refractivity contribution in [1.29, 1.82) is 0 Å². The highest BCUT2D eigenvalue weighted by atomic mass is 35.5. The summed E-state index contributed by atoms with van der Waals surface area (Å²) >= 11 is 12.5. The van der Waals surface area contributed by atoms with Gasteiger partial charge in [-0.2, -0.15) is 5.10 Å². The summed E-state index contributed by atoms with van der Waals surface area (Å²) in [6, 6.07) is 12.0. The molecule has 160 valence electrons. The molecule has 4 rings (SSSR count). The molecule has 1 aliphatic heterocycles. The summed E-state index contributed by atoms with van der Waals surface area (Å²) in [7, 11) is 0. The number of nitrogens with two attached hydrogens (primary N) is 2. The van der Waals surface area contributed by atoms with Crippen molar-refractivity contribution < 1.29 is 9.59 Å². The molecule has 2 amide bonds. The Morgan fingerprint density at radius 1 is 1.10 bits per heavy atom. The summed E-state index contributed by atoms with van der Waals surface area (Å²) in [5, 5.41) is 8.11. The maximum Gasteiger partial charge on any atom is 0.271 e. The molecule has 0 aliphatic carbocycles. The number of aromatic nitrogens is 2. The smallest absolute Gasteiger partial charge is 0.271 e. The van der Waals surface area contributed by atoms with Gasteiger partial charge in [-0.1, -0.05) is 29.3 Å². The van der Waals surface area contributed by atoms with Gasteiger partial charge >= 0.3 is 0 Å². The van der Waals surface area contributed by atoms with Crippen molar-refractivity contribution in [2.24, 2.45) is 11.5 Å². The van der Waals surface area contributed by atoms with E-state index in [2.05, 4.69) is 10.4 Å². The molecule has 2 heterocycles. The molecule has 0 saturated carbocycles. The Bertz CT molecular complexity index is 1130. The van der Waals surface area contributed by atoms with E-state index in [9.17, 15) is 9.59 Å². The second-order valence-electron chi connectivity index (χ2n) is 7.27. The van der Waals surface area contributed by atoms with Gasteiger partial charge in [0.15, 0.2) is 5.69 Å². The zero-order valence-electron chi connectivity index (χ0n) is 16.4. The zero-order chi connectivity index (χ0) is 22.1. The first-order valence-electron chi connectivity index (χ1n) is 9.59. The SMILES string of the molecule is NC(=O)c1nn(-c2c(Cl)cccc2Cl)cc1Nc1ccc(C(=O)N2CC[C@@H](N)C2)cc1. The lowest BCUT2D eigenvalue weighted by atomic mass is 10.1. The van der Waals surface area contributed by atoms with Crippen LogP contribution in [-0.2, 0) is 0 Å². The standard InChI is InChI=1S/C21H20Cl2N6O2/c22-15-2-1-3-16(23)19(15)29-11-17(18(27-29)20(25)30)26-14-6-4-12(5-7-14)21(31)28-9-8-13(24)10-28/h1-7,11,13,26H,8-10,24H2,(H2,25,30)/t13-/m1/s1. The summed E-state index contributed by atoms with van der Waals surface area (Å²) in [6.07, 6.45) is 2.39. The summed E-state index contributed by atoms with van der Waals surface area (Å²) in [5.41, 5.74) is 13.5. The Balaban J connectivity index is 1.58. The molecule has 0 unspecified atom stereocenters. The number of benzene rings is 2. The fourth-order valence-electron chi connectivity index (χ4n) is 3.48. The number of primary amides is 1. The number of anilines is 2. The largest absolute Gasteiger partial charge is 0.364 e. The van der Waals surface area contributed by atoms with Crippen LogP contribution in [0.25, 0.3) is 5.69 Å². The van der Waals surface area contributed by atoms with E-state index in [4.69, 9.17) is 34.7 Å². The van der Waals surface area contributed by atoms with Crippen LogP contribution in [0.5, 0.6) is 0 Å². The van der Waals surface area contributed by atoms with Crippen LogP contribution in [0.3, 0.4) is 0 Å². The molecule has 0 radical (unpaired) electrons. The summed E-state index contributed by atoms with van der Waals surface area (Å²) in [5.74, 6) is -0.764. The van der Waals surface area contributed by atoms with Crippen LogP contribution in [0.2, 0.25) is 10.0 Å². The van der Waals surface area contributed by atoms with E-state index in [0.29, 0.717) is 45.8 Å². The van der Waals surface area contributed by atoms with Crippen LogP contribution in [-0.4, -0.2) is 45.6 Å². The first-order chi connectivity index (χ1) is 14.8. The maximum absolute atomic E-state index is 12.6. The Morgan fingerprint density at radius 3 is 2.35 bits per heavy atom. The molecular weight excluding hydrogens is 439 g/mol. The van der Waals surface area contributed by atoms with Crippen LogP contribution in [0, 0.1) is 0 Å².